The molecule has 7 nitrogen and oxygen atoms in total. The zero-order valence-electron chi connectivity index (χ0n) is 10.8. The van der Waals surface area contributed by atoms with Gasteiger partial charge in [0.25, 0.3) is 0 Å². The number of amides is 1. The van der Waals surface area contributed by atoms with Crippen molar-refractivity contribution in [3.05, 3.63) is 5.28 Å². The van der Waals surface area contributed by atoms with Gasteiger partial charge in [0.1, 0.15) is 0 Å². The quantitative estimate of drug-likeness (QED) is 0.839. The van der Waals surface area contributed by atoms with Crippen LogP contribution in [0.1, 0.15) is 19.3 Å². The van der Waals surface area contributed by atoms with Crippen LogP contribution in [0, 0.1) is 0 Å². The first-order chi connectivity index (χ1) is 9.19. The molecule has 0 atom stereocenters. The van der Waals surface area contributed by atoms with Crippen molar-refractivity contribution in [2.45, 2.75) is 19.3 Å². The Labute approximate surface area is 116 Å². The molecule has 0 radical (unpaired) electrons. The highest BCUT2D eigenvalue weighted by Gasteiger charge is 2.17. The first-order valence-electron chi connectivity index (χ1n) is 6.30. The van der Waals surface area contributed by atoms with Crippen molar-refractivity contribution >= 4 is 29.4 Å². The predicted octanol–water partition coefficient (Wildman–Crippen LogP) is 0.991. The monoisotopic (exact) mass is 284 g/mol. The van der Waals surface area contributed by atoms with Crippen molar-refractivity contribution < 1.29 is 4.79 Å². The maximum Gasteiger partial charge on any atom is 0.228 e. The Hall–Kier alpha value is -1.63. The molecule has 0 aromatic carbocycles. The van der Waals surface area contributed by atoms with Gasteiger partial charge in [-0.25, -0.2) is 0 Å². The standard InChI is InChI=1S/C11H17ClN6O/c1-13-10-15-9(12)16-11(17-10)14-5-4-8(19)18-6-2-3-7-18/h2-7H2,1H3,(H2,13,14,15,16,17). The van der Waals surface area contributed by atoms with Crippen LogP contribution in [0.3, 0.4) is 0 Å². The summed E-state index contributed by atoms with van der Waals surface area (Å²) in [6.07, 6.45) is 2.64. The van der Waals surface area contributed by atoms with E-state index in [0.29, 0.717) is 24.9 Å². The van der Waals surface area contributed by atoms with Crippen LogP contribution in [0.5, 0.6) is 0 Å². The van der Waals surface area contributed by atoms with Crippen molar-refractivity contribution in [2.75, 3.05) is 37.3 Å². The Morgan fingerprint density at radius 3 is 2.63 bits per heavy atom. The molecule has 0 saturated carbocycles. The van der Waals surface area contributed by atoms with E-state index in [1.807, 2.05) is 4.90 Å². The Morgan fingerprint density at radius 2 is 1.95 bits per heavy atom. The lowest BCUT2D eigenvalue weighted by atomic mass is 10.3. The summed E-state index contributed by atoms with van der Waals surface area (Å²) in [6.45, 7) is 2.24. The fourth-order valence-corrected chi connectivity index (χ4v) is 2.11. The molecule has 1 aliphatic heterocycles. The number of rotatable bonds is 5. The molecule has 1 aliphatic rings. The SMILES string of the molecule is CNc1nc(Cl)nc(NCCC(=O)N2CCCC2)n1. The van der Waals surface area contributed by atoms with Crippen LogP contribution in [-0.2, 0) is 4.79 Å². The Balaban J connectivity index is 1.81. The number of anilines is 2. The van der Waals surface area contributed by atoms with Crippen LogP contribution in [0.2, 0.25) is 5.28 Å². The Morgan fingerprint density at radius 1 is 1.26 bits per heavy atom. The first-order valence-corrected chi connectivity index (χ1v) is 6.68. The summed E-state index contributed by atoms with van der Waals surface area (Å²) in [6, 6.07) is 0. The normalized spacial score (nSPS) is 14.5. The number of carbonyl (C=O) groups is 1. The van der Waals surface area contributed by atoms with Crippen molar-refractivity contribution in [2.24, 2.45) is 0 Å². The summed E-state index contributed by atoms with van der Waals surface area (Å²) in [5.74, 6) is 0.936. The van der Waals surface area contributed by atoms with E-state index in [2.05, 4.69) is 25.6 Å². The maximum absolute atomic E-state index is 11.8. The van der Waals surface area contributed by atoms with Gasteiger partial charge in [0, 0.05) is 33.1 Å². The second-order valence-electron chi connectivity index (χ2n) is 4.27. The molecule has 1 aromatic rings. The molecule has 2 N–H and O–H groups in total. The molecule has 1 saturated heterocycles. The van der Waals surface area contributed by atoms with E-state index < -0.39 is 0 Å². The lowest BCUT2D eigenvalue weighted by Crippen LogP contribution is -2.29. The number of nitrogens with one attached hydrogen (secondary N) is 2. The Kier molecular flexibility index (Phi) is 4.73. The molecule has 0 aliphatic carbocycles. The second kappa shape index (κ2) is 6.51. The molecule has 0 spiro atoms. The highest BCUT2D eigenvalue weighted by atomic mass is 35.5. The van der Waals surface area contributed by atoms with Crippen LogP contribution in [-0.4, -0.2) is 52.4 Å². The molecule has 1 fully saturated rings. The number of nitrogens with zero attached hydrogens (tertiary/aromatic N) is 4. The molecule has 2 heterocycles. The van der Waals surface area contributed by atoms with E-state index in [4.69, 9.17) is 11.6 Å². The van der Waals surface area contributed by atoms with Crippen molar-refractivity contribution in [3.8, 4) is 0 Å². The average molecular weight is 285 g/mol. The molecule has 1 aromatic heterocycles. The van der Waals surface area contributed by atoms with E-state index in [-0.39, 0.29) is 11.2 Å². The van der Waals surface area contributed by atoms with Crippen LogP contribution < -0.4 is 10.6 Å². The summed E-state index contributed by atoms with van der Waals surface area (Å²) in [5.41, 5.74) is 0. The van der Waals surface area contributed by atoms with Crippen molar-refractivity contribution in [3.63, 3.8) is 0 Å². The number of carbonyl (C=O) groups excluding carboxylic acids is 1. The molecule has 0 bridgehead atoms. The van der Waals surface area contributed by atoms with Gasteiger partial charge in [-0.2, -0.15) is 15.0 Å². The van der Waals surface area contributed by atoms with E-state index in [0.717, 1.165) is 25.9 Å². The molecular formula is C11H17ClN6O. The lowest BCUT2D eigenvalue weighted by molar-refractivity contribution is -0.129. The number of likely N-dealkylation sites (tertiary alicyclic amines) is 1. The van der Waals surface area contributed by atoms with Crippen LogP contribution >= 0.6 is 11.6 Å². The van der Waals surface area contributed by atoms with Crippen LogP contribution in [0.15, 0.2) is 0 Å². The van der Waals surface area contributed by atoms with Gasteiger partial charge in [0.15, 0.2) is 0 Å². The lowest BCUT2D eigenvalue weighted by Gasteiger charge is -2.15. The molecule has 2 rings (SSSR count). The molecular weight excluding hydrogens is 268 g/mol. The summed E-state index contributed by atoms with van der Waals surface area (Å²) >= 11 is 5.76. The third-order valence-electron chi connectivity index (χ3n) is 2.91. The largest absolute Gasteiger partial charge is 0.357 e. The first kappa shape index (κ1) is 13.8. The summed E-state index contributed by atoms with van der Waals surface area (Å²) < 4.78 is 0. The third kappa shape index (κ3) is 3.92. The van der Waals surface area contributed by atoms with E-state index in [9.17, 15) is 4.79 Å². The molecule has 104 valence electrons. The average Bonchev–Trinajstić information content (AvgIpc) is 2.92. The maximum atomic E-state index is 11.8. The van der Waals surface area contributed by atoms with E-state index >= 15 is 0 Å². The van der Waals surface area contributed by atoms with Gasteiger partial charge in [0.05, 0.1) is 0 Å². The van der Waals surface area contributed by atoms with Crippen molar-refractivity contribution in [1.82, 2.24) is 19.9 Å². The van der Waals surface area contributed by atoms with Gasteiger partial charge in [-0.1, -0.05) is 0 Å². The molecule has 19 heavy (non-hydrogen) atoms. The second-order valence-corrected chi connectivity index (χ2v) is 4.60. The minimum absolute atomic E-state index is 0.118. The van der Waals surface area contributed by atoms with Gasteiger partial charge in [-0.05, 0) is 24.4 Å². The van der Waals surface area contributed by atoms with Crippen LogP contribution in [0.4, 0.5) is 11.9 Å². The zero-order chi connectivity index (χ0) is 13.7. The van der Waals surface area contributed by atoms with Crippen molar-refractivity contribution in [1.29, 1.82) is 0 Å². The predicted molar refractivity (Wildman–Crippen MR) is 73.3 cm³/mol. The van der Waals surface area contributed by atoms with Gasteiger partial charge in [0.2, 0.25) is 23.1 Å². The number of hydrogen-bond acceptors (Lipinski definition) is 6. The smallest absolute Gasteiger partial charge is 0.228 e. The van der Waals surface area contributed by atoms with Gasteiger partial charge < -0.3 is 15.5 Å². The molecule has 1 amide bonds. The van der Waals surface area contributed by atoms with Gasteiger partial charge in [-0.15, -0.1) is 0 Å². The third-order valence-corrected chi connectivity index (χ3v) is 3.08. The van der Waals surface area contributed by atoms with Crippen LogP contribution in [0.25, 0.3) is 0 Å². The number of aromatic nitrogens is 3. The highest BCUT2D eigenvalue weighted by Crippen LogP contribution is 2.10. The summed E-state index contributed by atoms with van der Waals surface area (Å²) in [7, 11) is 1.70. The molecule has 8 heteroatoms. The highest BCUT2D eigenvalue weighted by molar-refractivity contribution is 6.28. The minimum Gasteiger partial charge on any atom is -0.357 e. The zero-order valence-corrected chi connectivity index (χ0v) is 11.6. The van der Waals surface area contributed by atoms with E-state index in [1.165, 1.54) is 0 Å². The topological polar surface area (TPSA) is 83.0 Å². The summed E-state index contributed by atoms with van der Waals surface area (Å²) in [4.78, 5) is 25.6. The Bertz CT molecular complexity index is 449. The van der Waals surface area contributed by atoms with Gasteiger partial charge in [-0.3, -0.25) is 4.79 Å². The molecule has 0 unspecified atom stereocenters. The minimum atomic E-state index is 0.118. The number of halogens is 1. The fourth-order valence-electron chi connectivity index (χ4n) is 1.95. The van der Waals surface area contributed by atoms with Gasteiger partial charge >= 0.3 is 0 Å². The number of hydrogen-bond donors (Lipinski definition) is 2. The summed E-state index contributed by atoms with van der Waals surface area (Å²) in [5, 5.41) is 5.89. The fraction of sp³-hybridized carbons (Fsp3) is 0.636. The van der Waals surface area contributed by atoms with E-state index in [1.54, 1.807) is 7.05 Å².